The Morgan fingerprint density at radius 2 is 2.23 bits per heavy atom. The van der Waals surface area contributed by atoms with Crippen LogP contribution in [0.25, 0.3) is 0 Å². The lowest BCUT2D eigenvalue weighted by Crippen LogP contribution is -2.31. The Morgan fingerprint density at radius 3 is 3.00 bits per heavy atom. The number of esters is 1. The largest absolute Gasteiger partial charge is 0.492 e. The summed E-state index contributed by atoms with van der Waals surface area (Å²) in [6.07, 6.45) is 2.14. The third-order valence-electron chi connectivity index (χ3n) is 3.51. The van der Waals surface area contributed by atoms with Gasteiger partial charge in [0.2, 0.25) is 5.78 Å². The molecule has 22 heavy (non-hydrogen) atoms. The van der Waals surface area contributed by atoms with E-state index < -0.39 is 11.9 Å². The van der Waals surface area contributed by atoms with E-state index in [1.54, 1.807) is 36.5 Å². The van der Waals surface area contributed by atoms with E-state index in [0.29, 0.717) is 17.1 Å². The van der Waals surface area contributed by atoms with E-state index in [9.17, 15) is 9.59 Å². The van der Waals surface area contributed by atoms with Crippen LogP contribution in [-0.2, 0) is 16.0 Å². The lowest BCUT2D eigenvalue weighted by atomic mass is 9.97. The van der Waals surface area contributed by atoms with Gasteiger partial charge in [0, 0.05) is 11.2 Å². The molecule has 114 valence electrons. The fraction of sp³-hybridized carbons (Fsp3) is 0.250. The third-order valence-corrected chi connectivity index (χ3v) is 3.74. The Labute approximate surface area is 132 Å². The lowest BCUT2D eigenvalue weighted by Gasteiger charge is -2.24. The molecule has 0 saturated heterocycles. The van der Waals surface area contributed by atoms with Crippen LogP contribution in [0.1, 0.15) is 16.1 Å². The van der Waals surface area contributed by atoms with Crippen LogP contribution in [0.15, 0.2) is 36.5 Å². The van der Waals surface area contributed by atoms with Crippen molar-refractivity contribution < 1.29 is 19.1 Å². The van der Waals surface area contributed by atoms with Gasteiger partial charge in [-0.1, -0.05) is 11.6 Å². The number of carbonyl (C=O) groups excluding carboxylic acids is 2. The smallest absolute Gasteiger partial charge is 0.313 e. The van der Waals surface area contributed by atoms with Gasteiger partial charge >= 0.3 is 5.97 Å². The Kier molecular flexibility index (Phi) is 4.15. The number of ether oxygens (including phenoxy) is 2. The van der Waals surface area contributed by atoms with Gasteiger partial charge in [-0.25, -0.2) is 0 Å². The summed E-state index contributed by atoms with van der Waals surface area (Å²) in [7, 11) is 0. The minimum Gasteiger partial charge on any atom is -0.492 e. The van der Waals surface area contributed by atoms with Crippen LogP contribution in [0, 0.1) is 5.92 Å². The number of rotatable bonds is 4. The molecule has 0 bridgehead atoms. The van der Waals surface area contributed by atoms with Crippen molar-refractivity contribution in [3.63, 3.8) is 0 Å². The molecule has 1 aliphatic rings. The van der Waals surface area contributed by atoms with Crippen molar-refractivity contribution in [2.45, 2.75) is 6.42 Å². The predicted octanol–water partition coefficient (Wildman–Crippen LogP) is 2.65. The van der Waals surface area contributed by atoms with Crippen LogP contribution in [0.5, 0.6) is 5.75 Å². The highest BCUT2D eigenvalue weighted by Gasteiger charge is 2.28. The predicted molar refractivity (Wildman–Crippen MR) is 80.2 cm³/mol. The van der Waals surface area contributed by atoms with Crippen molar-refractivity contribution in [1.82, 2.24) is 4.98 Å². The number of aromatic amines is 1. The fourth-order valence-corrected chi connectivity index (χ4v) is 2.55. The molecule has 1 aliphatic heterocycles. The molecule has 0 amide bonds. The van der Waals surface area contributed by atoms with Crippen molar-refractivity contribution in [2.75, 3.05) is 13.2 Å². The number of benzene rings is 1. The van der Waals surface area contributed by atoms with E-state index in [1.165, 1.54) is 0 Å². The standard InChI is InChI=1S/C16H14ClNO4/c17-12-3-4-15-10(7-12)6-11(8-21-15)16(20)22-9-14(19)13-2-1-5-18-13/h1-5,7,11,18H,6,8-9H2/t11-/m1/s1. The summed E-state index contributed by atoms with van der Waals surface area (Å²) in [6.45, 7) is -0.0393. The first-order chi connectivity index (χ1) is 10.6. The maximum Gasteiger partial charge on any atom is 0.313 e. The number of hydrogen-bond donors (Lipinski definition) is 1. The third kappa shape index (κ3) is 3.14. The monoisotopic (exact) mass is 319 g/mol. The first kappa shape index (κ1) is 14.7. The molecule has 0 spiro atoms. The van der Waals surface area contributed by atoms with Gasteiger partial charge in [-0.15, -0.1) is 0 Å². The first-order valence-electron chi connectivity index (χ1n) is 6.88. The number of Topliss-reactive ketones (excluding diaryl/α,β-unsaturated/α-hetero) is 1. The zero-order valence-electron chi connectivity index (χ0n) is 11.7. The van der Waals surface area contributed by atoms with E-state index in [2.05, 4.69) is 4.98 Å². The van der Waals surface area contributed by atoms with Gasteiger partial charge in [0.05, 0.1) is 11.6 Å². The van der Waals surface area contributed by atoms with Gasteiger partial charge in [0.15, 0.2) is 6.61 Å². The number of H-pyrrole nitrogens is 1. The molecule has 2 aromatic rings. The van der Waals surface area contributed by atoms with Crippen molar-refractivity contribution in [1.29, 1.82) is 0 Å². The average Bonchev–Trinajstić information content (AvgIpc) is 3.06. The second-order valence-corrected chi connectivity index (χ2v) is 5.52. The number of fused-ring (bicyclic) bond motifs is 1. The summed E-state index contributed by atoms with van der Waals surface area (Å²) >= 11 is 5.94. The maximum absolute atomic E-state index is 12.1. The maximum atomic E-state index is 12.1. The Balaban J connectivity index is 1.58. The van der Waals surface area contributed by atoms with E-state index in [-0.39, 0.29) is 19.0 Å². The molecule has 1 N–H and O–H groups in total. The Morgan fingerprint density at radius 1 is 1.36 bits per heavy atom. The number of hydrogen-bond acceptors (Lipinski definition) is 4. The molecule has 3 rings (SSSR count). The van der Waals surface area contributed by atoms with E-state index in [4.69, 9.17) is 21.1 Å². The highest BCUT2D eigenvalue weighted by molar-refractivity contribution is 6.30. The van der Waals surface area contributed by atoms with Gasteiger partial charge < -0.3 is 14.5 Å². The number of ketones is 1. The molecular weight excluding hydrogens is 306 g/mol. The quantitative estimate of drug-likeness (QED) is 0.695. The highest BCUT2D eigenvalue weighted by atomic mass is 35.5. The van der Waals surface area contributed by atoms with Crippen LogP contribution >= 0.6 is 11.6 Å². The summed E-state index contributed by atoms with van der Waals surface area (Å²) in [6, 6.07) is 8.66. The summed E-state index contributed by atoms with van der Waals surface area (Å²) in [5, 5.41) is 0.596. The number of aromatic nitrogens is 1. The SMILES string of the molecule is O=C(COC(=O)[C@H]1COc2ccc(Cl)cc2C1)c1ccc[nH]1. The number of carbonyl (C=O) groups is 2. The average molecular weight is 320 g/mol. The normalized spacial score (nSPS) is 16.5. The van der Waals surface area contributed by atoms with Gasteiger partial charge in [-0.3, -0.25) is 9.59 Å². The summed E-state index contributed by atoms with van der Waals surface area (Å²) in [5.74, 6) is -0.401. The molecule has 1 aromatic carbocycles. The van der Waals surface area contributed by atoms with Gasteiger partial charge in [-0.2, -0.15) is 0 Å². The topological polar surface area (TPSA) is 68.4 Å². The van der Waals surface area contributed by atoms with Crippen LogP contribution in [0.2, 0.25) is 5.02 Å². The number of nitrogens with one attached hydrogen (secondary N) is 1. The summed E-state index contributed by atoms with van der Waals surface area (Å²) in [5.41, 5.74) is 1.29. The molecule has 1 aromatic heterocycles. The fourth-order valence-electron chi connectivity index (χ4n) is 2.35. The van der Waals surface area contributed by atoms with E-state index in [0.717, 1.165) is 11.3 Å². The molecule has 0 unspecified atom stereocenters. The van der Waals surface area contributed by atoms with Crippen molar-refractivity contribution in [2.24, 2.45) is 5.92 Å². The van der Waals surface area contributed by atoms with Crippen LogP contribution in [-0.4, -0.2) is 30.0 Å². The summed E-state index contributed by atoms with van der Waals surface area (Å²) < 4.78 is 10.6. The van der Waals surface area contributed by atoms with Gasteiger partial charge in [-0.05, 0) is 42.3 Å². The second kappa shape index (κ2) is 6.23. The Bertz CT molecular complexity index is 696. The van der Waals surface area contributed by atoms with Gasteiger partial charge in [0.25, 0.3) is 0 Å². The molecular formula is C16H14ClNO4. The second-order valence-electron chi connectivity index (χ2n) is 5.08. The highest BCUT2D eigenvalue weighted by Crippen LogP contribution is 2.30. The molecule has 0 radical (unpaired) electrons. The molecule has 5 nitrogen and oxygen atoms in total. The van der Waals surface area contributed by atoms with E-state index >= 15 is 0 Å². The van der Waals surface area contributed by atoms with Crippen LogP contribution in [0.4, 0.5) is 0 Å². The van der Waals surface area contributed by atoms with Crippen molar-refractivity contribution in [3.8, 4) is 5.75 Å². The molecule has 0 aliphatic carbocycles. The zero-order valence-corrected chi connectivity index (χ0v) is 12.4. The molecule has 6 heteroatoms. The van der Waals surface area contributed by atoms with Crippen LogP contribution in [0.3, 0.4) is 0 Å². The zero-order chi connectivity index (χ0) is 15.5. The molecule has 0 saturated carbocycles. The first-order valence-corrected chi connectivity index (χ1v) is 7.26. The molecule has 2 heterocycles. The van der Waals surface area contributed by atoms with Crippen LogP contribution < -0.4 is 4.74 Å². The van der Waals surface area contributed by atoms with Gasteiger partial charge in [0.1, 0.15) is 12.4 Å². The lowest BCUT2D eigenvalue weighted by molar-refractivity contribution is -0.148. The van der Waals surface area contributed by atoms with Crippen molar-refractivity contribution >= 4 is 23.4 Å². The molecule has 0 fully saturated rings. The Hall–Kier alpha value is -2.27. The number of halogens is 1. The summed E-state index contributed by atoms with van der Waals surface area (Å²) in [4.78, 5) is 26.6. The molecule has 1 atom stereocenters. The van der Waals surface area contributed by atoms with E-state index in [1.807, 2.05) is 0 Å². The van der Waals surface area contributed by atoms with Crippen molar-refractivity contribution in [3.05, 3.63) is 52.8 Å². The minimum atomic E-state index is -0.439. The minimum absolute atomic E-state index is 0.240.